The van der Waals surface area contributed by atoms with Crippen molar-refractivity contribution < 1.29 is 6.17 Å². The van der Waals surface area contributed by atoms with Crippen LogP contribution in [-0.2, 0) is 4.79 Å². The number of carbonyl (C=O) groups is 1. The minimum Gasteiger partial charge on any atom is -0.303 e. The van der Waals surface area contributed by atoms with E-state index >= 15 is 0 Å². The van der Waals surface area contributed by atoms with E-state index in [9.17, 15) is 4.79 Å². The average molecular weight is 171 g/mol. The molecular weight excluding hydrogens is 148 g/mol. The van der Waals surface area contributed by atoms with E-state index in [0.717, 1.165) is 19.1 Å². The highest BCUT2D eigenvalue weighted by Crippen LogP contribution is 2.08. The third-order valence-electron chi connectivity index (χ3n) is 2.07. The number of rotatable bonds is 9. The molecule has 0 aromatic rings. The van der Waals surface area contributed by atoms with Gasteiger partial charge in [-0.3, -0.25) is 0 Å². The molecule has 0 radical (unpaired) electrons. The van der Waals surface area contributed by atoms with Gasteiger partial charge in [-0.25, -0.2) is 0 Å². The first-order chi connectivity index (χ1) is 6.31. The number of aldehydes is 1. The smallest absolute Gasteiger partial charge is 0.119 e. The van der Waals surface area contributed by atoms with Crippen molar-refractivity contribution in [3.63, 3.8) is 0 Å². The summed E-state index contributed by atoms with van der Waals surface area (Å²) in [6, 6.07) is 0. The molecule has 0 aromatic heterocycles. The maximum absolute atomic E-state index is 10.1. The highest BCUT2D eigenvalue weighted by atomic mass is 16.1. The summed E-state index contributed by atoms with van der Waals surface area (Å²) < 4.78 is 7.20. The lowest BCUT2D eigenvalue weighted by molar-refractivity contribution is -0.107. The van der Waals surface area contributed by atoms with Crippen molar-refractivity contribution in [1.29, 1.82) is 0 Å². The Morgan fingerprint density at radius 3 is 2.00 bits per heavy atom. The predicted octanol–water partition coefficient (Wildman–Crippen LogP) is 3.72. The zero-order valence-corrected chi connectivity index (χ0v) is 8.22. The molecule has 12 heavy (non-hydrogen) atoms. The molecule has 1 nitrogen and oxygen atoms in total. The molecule has 0 rings (SSSR count). The van der Waals surface area contributed by atoms with Crippen LogP contribution in [0.4, 0.5) is 0 Å². The third-order valence-corrected chi connectivity index (χ3v) is 2.07. The van der Waals surface area contributed by atoms with Crippen LogP contribution >= 0.6 is 0 Å². The van der Waals surface area contributed by atoms with E-state index in [1.54, 1.807) is 0 Å². The van der Waals surface area contributed by atoms with E-state index in [0.29, 0.717) is 0 Å². The van der Waals surface area contributed by atoms with E-state index in [4.69, 9.17) is 1.37 Å². The minimum absolute atomic E-state index is 0.476. The molecular formula is C11H22O. The van der Waals surface area contributed by atoms with Gasteiger partial charge in [-0.15, -0.1) is 0 Å². The molecule has 0 spiro atoms. The monoisotopic (exact) mass is 171 g/mol. The lowest BCUT2D eigenvalue weighted by Crippen LogP contribution is -1.81. The second-order valence-corrected chi connectivity index (χ2v) is 3.28. The quantitative estimate of drug-likeness (QED) is 0.382. The van der Waals surface area contributed by atoms with Crippen LogP contribution in [0.1, 0.15) is 66.1 Å². The number of hydrogen-bond acceptors (Lipinski definition) is 1. The Morgan fingerprint density at radius 1 is 1.00 bits per heavy atom. The van der Waals surface area contributed by atoms with Gasteiger partial charge in [0.15, 0.2) is 0 Å². The van der Waals surface area contributed by atoms with Gasteiger partial charge in [-0.1, -0.05) is 51.9 Å². The molecule has 72 valence electrons. The van der Waals surface area contributed by atoms with E-state index in [1.807, 2.05) is 0 Å². The van der Waals surface area contributed by atoms with Gasteiger partial charge in [0, 0.05) is 7.77 Å². The van der Waals surface area contributed by atoms with Crippen LogP contribution in [0.15, 0.2) is 0 Å². The fourth-order valence-electron chi connectivity index (χ4n) is 1.29. The first-order valence-corrected chi connectivity index (χ1v) is 5.18. The highest BCUT2D eigenvalue weighted by molar-refractivity contribution is 5.48. The van der Waals surface area contributed by atoms with E-state index in [1.165, 1.54) is 38.5 Å². The Hall–Kier alpha value is -0.330. The van der Waals surface area contributed by atoms with Gasteiger partial charge in [0.05, 0.1) is 0 Å². The zero-order valence-electron chi connectivity index (χ0n) is 9.22. The highest BCUT2D eigenvalue weighted by Gasteiger charge is 1.90. The number of hydrogen-bond donors (Lipinski definition) is 0. The Balaban J connectivity index is 2.95. The molecule has 0 heterocycles. The molecule has 0 aliphatic carbocycles. The average Bonchev–Trinajstić information content (AvgIpc) is 2.16. The molecule has 1 unspecified atom stereocenters. The molecule has 0 N–H and O–H groups in total. The summed E-state index contributed by atoms with van der Waals surface area (Å²) in [5, 5.41) is 0. The Kier molecular flexibility index (Phi) is 8.67. The van der Waals surface area contributed by atoms with Gasteiger partial charge >= 0.3 is 0 Å². The van der Waals surface area contributed by atoms with Crippen molar-refractivity contribution in [2.45, 2.75) is 64.7 Å². The van der Waals surface area contributed by atoms with Crippen LogP contribution in [-0.4, -0.2) is 6.29 Å². The van der Waals surface area contributed by atoms with Crippen molar-refractivity contribution in [2.24, 2.45) is 0 Å². The van der Waals surface area contributed by atoms with E-state index < -0.39 is 6.40 Å². The summed E-state index contributed by atoms with van der Waals surface area (Å²) in [5.41, 5.74) is 0. The number of unbranched alkanes of at least 4 members (excludes halogenated alkanes) is 6. The van der Waals surface area contributed by atoms with Gasteiger partial charge in [0.25, 0.3) is 0 Å². The maximum Gasteiger partial charge on any atom is 0.119 e. The van der Waals surface area contributed by atoms with E-state index in [2.05, 4.69) is 6.92 Å². The molecule has 0 bridgehead atoms. The molecule has 1 atom stereocenters. The summed E-state index contributed by atoms with van der Waals surface area (Å²) in [4.78, 5) is 10.1. The predicted molar refractivity (Wildman–Crippen MR) is 53.3 cm³/mol. The Morgan fingerprint density at radius 2 is 1.50 bits per heavy atom. The molecule has 1 heteroatoms. The minimum atomic E-state index is -0.476. The van der Waals surface area contributed by atoms with Crippen LogP contribution in [0, 0.1) is 0 Å². The largest absolute Gasteiger partial charge is 0.303 e. The molecule has 0 aromatic carbocycles. The first-order valence-electron chi connectivity index (χ1n) is 5.76. The summed E-state index contributed by atoms with van der Waals surface area (Å²) in [5.74, 6) is 0. The normalized spacial score (nSPS) is 13.9. The SMILES string of the molecule is [2H]C(C=O)CCCCCCCCC. The van der Waals surface area contributed by atoms with Gasteiger partial charge in [0.1, 0.15) is 6.29 Å². The van der Waals surface area contributed by atoms with Crippen LogP contribution in [0.25, 0.3) is 0 Å². The Bertz CT molecular complexity index is 115. The van der Waals surface area contributed by atoms with Crippen molar-refractivity contribution in [2.75, 3.05) is 0 Å². The van der Waals surface area contributed by atoms with Crippen LogP contribution in [0.3, 0.4) is 0 Å². The molecule has 0 amide bonds. The molecule has 0 aliphatic heterocycles. The fraction of sp³-hybridized carbons (Fsp3) is 0.909. The summed E-state index contributed by atoms with van der Waals surface area (Å²) >= 11 is 0. The summed E-state index contributed by atoms with van der Waals surface area (Å²) in [6.07, 6.45) is 9.79. The molecule has 0 aliphatic rings. The van der Waals surface area contributed by atoms with Gasteiger partial charge in [0.2, 0.25) is 0 Å². The maximum atomic E-state index is 10.1. The van der Waals surface area contributed by atoms with Gasteiger partial charge < -0.3 is 4.79 Å². The van der Waals surface area contributed by atoms with Crippen molar-refractivity contribution in [3.8, 4) is 0 Å². The van der Waals surface area contributed by atoms with Gasteiger partial charge in [-0.2, -0.15) is 0 Å². The second kappa shape index (κ2) is 10.7. The van der Waals surface area contributed by atoms with Crippen molar-refractivity contribution in [3.05, 3.63) is 0 Å². The molecule has 0 saturated heterocycles. The van der Waals surface area contributed by atoms with Crippen LogP contribution in [0.2, 0.25) is 0 Å². The fourth-order valence-corrected chi connectivity index (χ4v) is 1.29. The molecule has 0 fully saturated rings. The zero-order chi connectivity index (χ0) is 9.94. The third kappa shape index (κ3) is 9.67. The van der Waals surface area contributed by atoms with E-state index in [-0.39, 0.29) is 0 Å². The summed E-state index contributed by atoms with van der Waals surface area (Å²) in [6.45, 7) is 2.22. The van der Waals surface area contributed by atoms with Crippen LogP contribution in [0.5, 0.6) is 0 Å². The van der Waals surface area contributed by atoms with Crippen LogP contribution < -0.4 is 0 Å². The lowest BCUT2D eigenvalue weighted by Gasteiger charge is -1.98. The first kappa shape index (κ1) is 9.76. The van der Waals surface area contributed by atoms with Crippen molar-refractivity contribution in [1.82, 2.24) is 0 Å². The standard InChI is InChI=1S/C11H22O/c1-2-3-4-5-6-7-8-9-10-11-12/h11H,2-10H2,1H3/i10D. The second-order valence-electron chi connectivity index (χ2n) is 3.28. The topological polar surface area (TPSA) is 17.1 Å². The number of carbonyl (C=O) groups excluding carboxylic acids is 1. The Labute approximate surface area is 78.0 Å². The lowest BCUT2D eigenvalue weighted by atomic mass is 10.1. The summed E-state index contributed by atoms with van der Waals surface area (Å²) in [7, 11) is 0. The molecule has 0 saturated carbocycles. The van der Waals surface area contributed by atoms with Gasteiger partial charge in [-0.05, 0) is 6.42 Å². The van der Waals surface area contributed by atoms with Crippen molar-refractivity contribution >= 4 is 6.29 Å².